The van der Waals surface area contributed by atoms with Crippen LogP contribution in [0.3, 0.4) is 0 Å². The van der Waals surface area contributed by atoms with Crippen LogP contribution in [0.1, 0.15) is 11.5 Å². The van der Waals surface area contributed by atoms with Crippen molar-refractivity contribution in [3.05, 3.63) is 24.0 Å². The molecule has 98 valence electrons. The molecule has 2 aromatic rings. The molecule has 0 fully saturated rings. The molecule has 0 aliphatic rings. The largest absolute Gasteiger partial charge is 0.392 e. The second-order valence-electron chi connectivity index (χ2n) is 3.37. The first-order valence-electron chi connectivity index (χ1n) is 5.02. The number of nitrogens with zero attached hydrogens (tertiary/aromatic N) is 3. The van der Waals surface area contributed by atoms with Crippen LogP contribution in [0.5, 0.6) is 0 Å². The molecule has 2 rings (SSSR count). The van der Waals surface area contributed by atoms with Crippen LogP contribution in [0.25, 0.3) is 0 Å². The Morgan fingerprint density at radius 3 is 3.00 bits per heavy atom. The Bertz CT molecular complexity index is 591. The van der Waals surface area contributed by atoms with Gasteiger partial charge in [0.1, 0.15) is 0 Å². The Labute approximate surface area is 102 Å². The van der Waals surface area contributed by atoms with Crippen molar-refractivity contribution in [3.63, 3.8) is 0 Å². The van der Waals surface area contributed by atoms with Gasteiger partial charge in [0.05, 0.1) is 12.8 Å². The molecule has 0 atom stereocenters. The van der Waals surface area contributed by atoms with E-state index in [2.05, 4.69) is 25.1 Å². The van der Waals surface area contributed by atoms with Crippen molar-refractivity contribution in [3.8, 4) is 0 Å². The molecule has 0 aromatic carbocycles. The third-order valence-electron chi connectivity index (χ3n) is 2.16. The standard InChI is InChI=1S/C8H11N5O4S/c14-4-6-3-10-13-8(6)18(15,16)12-2-1-7-9-5-11-17-7/h3,5,12,14H,1-2,4H2,(H,10,13). The number of hydrogen-bond acceptors (Lipinski definition) is 7. The minimum Gasteiger partial charge on any atom is -0.392 e. The molecule has 0 amide bonds. The predicted octanol–water partition coefficient (Wildman–Crippen LogP) is -1.19. The number of H-pyrrole nitrogens is 1. The first kappa shape index (κ1) is 12.7. The van der Waals surface area contributed by atoms with E-state index in [1.165, 1.54) is 12.5 Å². The van der Waals surface area contributed by atoms with Crippen molar-refractivity contribution in [1.29, 1.82) is 0 Å². The maximum absolute atomic E-state index is 11.8. The molecule has 9 nitrogen and oxygen atoms in total. The molecule has 0 aliphatic carbocycles. The monoisotopic (exact) mass is 273 g/mol. The fourth-order valence-corrected chi connectivity index (χ4v) is 2.47. The number of aliphatic hydroxyl groups excluding tert-OH is 1. The van der Waals surface area contributed by atoms with E-state index in [-0.39, 0.29) is 23.6 Å². The SMILES string of the molecule is O=S(=O)(NCCc1ncno1)c1[nH]ncc1CO. The summed E-state index contributed by atoms with van der Waals surface area (Å²) in [4.78, 5) is 3.76. The molecule has 0 aliphatic heterocycles. The number of sulfonamides is 1. The van der Waals surface area contributed by atoms with Gasteiger partial charge in [-0.15, -0.1) is 0 Å². The lowest BCUT2D eigenvalue weighted by Crippen LogP contribution is -2.27. The van der Waals surface area contributed by atoms with Crippen LogP contribution >= 0.6 is 0 Å². The Balaban J connectivity index is 1.99. The van der Waals surface area contributed by atoms with Crippen LogP contribution in [0.4, 0.5) is 0 Å². The molecule has 3 N–H and O–H groups in total. The highest BCUT2D eigenvalue weighted by Crippen LogP contribution is 2.11. The Hall–Kier alpha value is -1.78. The molecular formula is C8H11N5O4S. The topological polar surface area (TPSA) is 134 Å². The summed E-state index contributed by atoms with van der Waals surface area (Å²) in [5.41, 5.74) is 0.209. The van der Waals surface area contributed by atoms with Crippen LogP contribution < -0.4 is 4.72 Å². The van der Waals surface area contributed by atoms with Gasteiger partial charge in [-0.05, 0) is 0 Å². The van der Waals surface area contributed by atoms with Gasteiger partial charge >= 0.3 is 0 Å². The van der Waals surface area contributed by atoms with E-state index in [9.17, 15) is 8.42 Å². The zero-order valence-corrected chi connectivity index (χ0v) is 10.0. The number of nitrogens with one attached hydrogen (secondary N) is 2. The second-order valence-corrected chi connectivity index (χ2v) is 5.07. The van der Waals surface area contributed by atoms with Crippen molar-refractivity contribution < 1.29 is 18.0 Å². The molecule has 2 heterocycles. The molecule has 0 saturated heterocycles. The molecule has 0 unspecified atom stereocenters. The third kappa shape index (κ3) is 2.72. The number of aromatic amines is 1. The van der Waals surface area contributed by atoms with Crippen molar-refractivity contribution in [2.24, 2.45) is 0 Å². The summed E-state index contributed by atoms with van der Waals surface area (Å²) in [6.45, 7) is -0.301. The van der Waals surface area contributed by atoms with Crippen LogP contribution in [-0.2, 0) is 23.1 Å². The van der Waals surface area contributed by atoms with E-state index >= 15 is 0 Å². The van der Waals surface area contributed by atoms with Crippen LogP contribution in [0.2, 0.25) is 0 Å². The van der Waals surface area contributed by atoms with Gasteiger partial charge in [-0.3, -0.25) is 5.10 Å². The van der Waals surface area contributed by atoms with Gasteiger partial charge in [-0.1, -0.05) is 5.16 Å². The number of aliphatic hydroxyl groups is 1. The molecule has 10 heteroatoms. The lowest BCUT2D eigenvalue weighted by Gasteiger charge is -2.04. The fourth-order valence-electron chi connectivity index (χ4n) is 1.32. The number of aromatic nitrogens is 4. The number of rotatable bonds is 6. The molecule has 0 spiro atoms. The first-order chi connectivity index (χ1) is 8.63. The van der Waals surface area contributed by atoms with Gasteiger partial charge in [0.25, 0.3) is 10.0 Å². The van der Waals surface area contributed by atoms with Crippen molar-refractivity contribution in [2.45, 2.75) is 18.1 Å². The van der Waals surface area contributed by atoms with E-state index in [1.807, 2.05) is 0 Å². The van der Waals surface area contributed by atoms with Crippen molar-refractivity contribution in [2.75, 3.05) is 6.54 Å². The van der Waals surface area contributed by atoms with Gasteiger partial charge in [0.2, 0.25) is 5.89 Å². The Kier molecular flexibility index (Phi) is 3.69. The van der Waals surface area contributed by atoms with Crippen molar-refractivity contribution in [1.82, 2.24) is 25.1 Å². The first-order valence-corrected chi connectivity index (χ1v) is 6.50. The van der Waals surface area contributed by atoms with Crippen LogP contribution in [0.15, 0.2) is 22.1 Å². The molecular weight excluding hydrogens is 262 g/mol. The highest BCUT2D eigenvalue weighted by Gasteiger charge is 2.20. The van der Waals surface area contributed by atoms with Gasteiger partial charge in [0, 0.05) is 18.5 Å². The average Bonchev–Trinajstić information content (AvgIpc) is 2.99. The summed E-state index contributed by atoms with van der Waals surface area (Å²) in [6.07, 6.45) is 2.77. The highest BCUT2D eigenvalue weighted by molar-refractivity contribution is 7.89. The fraction of sp³-hybridized carbons (Fsp3) is 0.375. The van der Waals surface area contributed by atoms with E-state index < -0.39 is 16.6 Å². The highest BCUT2D eigenvalue weighted by atomic mass is 32.2. The molecule has 0 radical (unpaired) electrons. The molecule has 0 bridgehead atoms. The lowest BCUT2D eigenvalue weighted by atomic mass is 10.4. The second kappa shape index (κ2) is 5.25. The quantitative estimate of drug-likeness (QED) is 0.602. The maximum Gasteiger partial charge on any atom is 0.257 e. The Morgan fingerprint density at radius 1 is 1.50 bits per heavy atom. The number of hydrogen-bond donors (Lipinski definition) is 3. The van der Waals surface area contributed by atoms with E-state index in [4.69, 9.17) is 9.63 Å². The van der Waals surface area contributed by atoms with E-state index in [0.29, 0.717) is 5.89 Å². The molecule has 18 heavy (non-hydrogen) atoms. The van der Waals surface area contributed by atoms with E-state index in [1.54, 1.807) is 0 Å². The Morgan fingerprint density at radius 2 is 2.33 bits per heavy atom. The predicted molar refractivity (Wildman–Crippen MR) is 57.7 cm³/mol. The maximum atomic E-state index is 11.8. The lowest BCUT2D eigenvalue weighted by molar-refractivity contribution is 0.278. The van der Waals surface area contributed by atoms with Crippen molar-refractivity contribution >= 4 is 10.0 Å². The summed E-state index contributed by atoms with van der Waals surface area (Å²) < 4.78 is 30.7. The normalized spacial score (nSPS) is 11.8. The minimum atomic E-state index is -3.73. The van der Waals surface area contributed by atoms with Gasteiger partial charge in [-0.25, -0.2) is 13.1 Å². The molecule has 0 saturated carbocycles. The summed E-state index contributed by atoms with van der Waals surface area (Å²) in [5.74, 6) is 0.338. The molecule has 2 aromatic heterocycles. The zero-order chi connectivity index (χ0) is 13.0. The minimum absolute atomic E-state index is 0.106. The van der Waals surface area contributed by atoms with Crippen LogP contribution in [0, 0.1) is 0 Å². The average molecular weight is 273 g/mol. The van der Waals surface area contributed by atoms with Gasteiger partial charge < -0.3 is 9.63 Å². The third-order valence-corrected chi connectivity index (χ3v) is 3.63. The van der Waals surface area contributed by atoms with Gasteiger partial charge in [0.15, 0.2) is 11.4 Å². The summed E-state index contributed by atoms with van der Waals surface area (Å²) in [5, 5.41) is 18.1. The van der Waals surface area contributed by atoms with Gasteiger partial charge in [-0.2, -0.15) is 10.1 Å². The van der Waals surface area contributed by atoms with Crippen LogP contribution in [-0.4, -0.2) is 40.4 Å². The summed E-state index contributed by atoms with van der Waals surface area (Å²) in [7, 11) is -3.73. The summed E-state index contributed by atoms with van der Waals surface area (Å²) >= 11 is 0. The van der Waals surface area contributed by atoms with E-state index in [0.717, 1.165) is 0 Å². The smallest absolute Gasteiger partial charge is 0.257 e. The summed E-state index contributed by atoms with van der Waals surface area (Å²) in [6, 6.07) is 0. The zero-order valence-electron chi connectivity index (χ0n) is 9.20.